The first-order valence-corrected chi connectivity index (χ1v) is 6.99. The lowest BCUT2D eigenvalue weighted by Gasteiger charge is -2.11. The number of nitrogens with zero attached hydrogens (tertiary/aromatic N) is 3. The molecule has 0 aromatic carbocycles. The number of hydrogen-bond acceptors (Lipinski definition) is 6. The number of nitrogens with one attached hydrogen (secondary N) is 1. The van der Waals surface area contributed by atoms with Crippen LogP contribution in [0.15, 0.2) is 11.5 Å². The van der Waals surface area contributed by atoms with Crippen molar-refractivity contribution in [2.75, 3.05) is 26.0 Å². The lowest BCUT2D eigenvalue weighted by Crippen LogP contribution is -2.35. The number of aliphatic hydroxyl groups excluding tert-OH is 1. The molecule has 0 spiro atoms. The summed E-state index contributed by atoms with van der Waals surface area (Å²) in [6.07, 6.45) is 0.964. The van der Waals surface area contributed by atoms with Crippen molar-refractivity contribution in [1.82, 2.24) is 20.1 Å². The molecule has 2 N–H and O–H groups in total. The molecular weight excluding hydrogens is 268 g/mol. The van der Waals surface area contributed by atoms with Gasteiger partial charge in [-0.1, -0.05) is 11.8 Å². The van der Waals surface area contributed by atoms with E-state index in [0.717, 1.165) is 0 Å². The minimum atomic E-state index is -0.682. The lowest BCUT2D eigenvalue weighted by molar-refractivity contribution is -0.119. The molecule has 0 aliphatic carbocycles. The Morgan fingerprint density at radius 2 is 2.37 bits per heavy atom. The predicted molar refractivity (Wildman–Crippen MR) is 72.0 cm³/mol. The van der Waals surface area contributed by atoms with Gasteiger partial charge in [-0.2, -0.15) is 0 Å². The Morgan fingerprint density at radius 3 is 3.00 bits per heavy atom. The van der Waals surface area contributed by atoms with Gasteiger partial charge in [-0.05, 0) is 13.8 Å². The zero-order chi connectivity index (χ0) is 14.3. The van der Waals surface area contributed by atoms with Crippen molar-refractivity contribution in [3.05, 3.63) is 6.33 Å². The molecule has 0 aliphatic heterocycles. The molecule has 108 valence electrons. The highest BCUT2D eigenvalue weighted by Gasteiger charge is 2.11. The van der Waals surface area contributed by atoms with Crippen LogP contribution in [0.4, 0.5) is 0 Å². The average Bonchev–Trinajstić information content (AvgIpc) is 2.82. The van der Waals surface area contributed by atoms with Gasteiger partial charge in [0.2, 0.25) is 5.91 Å². The van der Waals surface area contributed by atoms with Gasteiger partial charge in [-0.25, -0.2) is 0 Å². The number of aromatic nitrogens is 3. The molecule has 7 nitrogen and oxygen atoms in total. The van der Waals surface area contributed by atoms with Gasteiger partial charge in [0.05, 0.1) is 18.5 Å². The summed E-state index contributed by atoms with van der Waals surface area (Å²) < 4.78 is 6.67. The van der Waals surface area contributed by atoms with E-state index in [0.29, 0.717) is 5.16 Å². The number of rotatable bonds is 8. The molecular formula is C11H20N4O3S. The van der Waals surface area contributed by atoms with E-state index in [-0.39, 0.29) is 30.9 Å². The molecule has 1 rings (SSSR count). The lowest BCUT2D eigenvalue weighted by atomic mass is 10.4. The number of methoxy groups -OCH3 is 1. The van der Waals surface area contributed by atoms with Gasteiger partial charge >= 0.3 is 0 Å². The first kappa shape index (κ1) is 15.9. The summed E-state index contributed by atoms with van der Waals surface area (Å²) in [5, 5.41) is 20.5. The van der Waals surface area contributed by atoms with E-state index in [1.807, 2.05) is 18.4 Å². The van der Waals surface area contributed by atoms with E-state index in [1.165, 1.54) is 18.9 Å². The number of hydrogen-bond donors (Lipinski definition) is 2. The molecule has 1 amide bonds. The van der Waals surface area contributed by atoms with Crippen molar-refractivity contribution >= 4 is 17.7 Å². The van der Waals surface area contributed by atoms with Crippen LogP contribution in [0.1, 0.15) is 19.9 Å². The molecule has 0 fully saturated rings. The minimum absolute atomic E-state index is 0.154. The first-order valence-electron chi connectivity index (χ1n) is 6.00. The summed E-state index contributed by atoms with van der Waals surface area (Å²) in [4.78, 5) is 11.6. The highest BCUT2D eigenvalue weighted by molar-refractivity contribution is 7.99. The number of thioether (sulfide) groups is 1. The quantitative estimate of drug-likeness (QED) is 0.658. The number of carbonyl (C=O) groups is 1. The molecule has 19 heavy (non-hydrogen) atoms. The van der Waals surface area contributed by atoms with Crippen LogP contribution < -0.4 is 5.32 Å². The number of ether oxygens (including phenoxy) is 1. The van der Waals surface area contributed by atoms with E-state index in [1.54, 1.807) is 6.33 Å². The first-order chi connectivity index (χ1) is 9.04. The van der Waals surface area contributed by atoms with Gasteiger partial charge in [-0.15, -0.1) is 10.2 Å². The van der Waals surface area contributed by atoms with Crippen LogP contribution >= 0.6 is 11.8 Å². The van der Waals surface area contributed by atoms with E-state index < -0.39 is 6.10 Å². The number of aliphatic hydroxyl groups is 1. The summed E-state index contributed by atoms with van der Waals surface area (Å²) >= 11 is 1.32. The Hall–Kier alpha value is -1.12. The fraction of sp³-hybridized carbons (Fsp3) is 0.727. The molecule has 1 atom stereocenters. The molecule has 1 unspecified atom stereocenters. The standard InChI is InChI=1S/C11H20N4O3S/c1-8(2)15-7-13-14-11(15)19-6-10(17)12-4-9(16)5-18-3/h7-9,16H,4-6H2,1-3H3,(H,12,17). The Labute approximate surface area is 116 Å². The van der Waals surface area contributed by atoms with Crippen molar-refractivity contribution in [2.24, 2.45) is 0 Å². The second kappa shape index (κ2) is 8.13. The molecule has 1 aromatic heterocycles. The maximum absolute atomic E-state index is 11.6. The fourth-order valence-electron chi connectivity index (χ4n) is 1.35. The van der Waals surface area contributed by atoms with Gasteiger partial charge in [0.1, 0.15) is 6.33 Å². The van der Waals surface area contributed by atoms with Crippen LogP contribution in [-0.2, 0) is 9.53 Å². The van der Waals surface area contributed by atoms with Gasteiger partial charge in [-0.3, -0.25) is 4.79 Å². The molecule has 0 aliphatic rings. The molecule has 0 saturated carbocycles. The Kier molecular flexibility index (Phi) is 6.82. The van der Waals surface area contributed by atoms with Crippen LogP contribution in [0.25, 0.3) is 0 Å². The molecule has 0 saturated heterocycles. The minimum Gasteiger partial charge on any atom is -0.389 e. The van der Waals surface area contributed by atoms with Crippen LogP contribution in [0, 0.1) is 0 Å². The highest BCUT2D eigenvalue weighted by Crippen LogP contribution is 2.18. The smallest absolute Gasteiger partial charge is 0.230 e. The molecule has 0 bridgehead atoms. The topological polar surface area (TPSA) is 89.3 Å². The molecule has 1 heterocycles. The SMILES string of the molecule is COCC(O)CNC(=O)CSc1nncn1C(C)C. The third-order valence-electron chi connectivity index (χ3n) is 2.32. The summed E-state index contributed by atoms with van der Waals surface area (Å²) in [7, 11) is 1.50. The maximum Gasteiger partial charge on any atom is 0.230 e. The summed E-state index contributed by atoms with van der Waals surface area (Å²) in [5.74, 6) is 0.0870. The van der Waals surface area contributed by atoms with Crippen molar-refractivity contribution in [1.29, 1.82) is 0 Å². The van der Waals surface area contributed by atoms with Gasteiger partial charge in [0.25, 0.3) is 0 Å². The van der Waals surface area contributed by atoms with Crippen LogP contribution in [0.5, 0.6) is 0 Å². The summed E-state index contributed by atoms with van der Waals surface area (Å²) in [6.45, 7) is 4.43. The van der Waals surface area contributed by atoms with Crippen molar-refractivity contribution in [3.63, 3.8) is 0 Å². The zero-order valence-electron chi connectivity index (χ0n) is 11.4. The maximum atomic E-state index is 11.6. The van der Waals surface area contributed by atoms with Crippen LogP contribution in [-0.4, -0.2) is 57.9 Å². The predicted octanol–water partition coefficient (Wildman–Crippen LogP) is 0.0746. The Morgan fingerprint density at radius 1 is 1.63 bits per heavy atom. The monoisotopic (exact) mass is 288 g/mol. The van der Waals surface area contributed by atoms with Crippen LogP contribution in [0.3, 0.4) is 0 Å². The molecule has 8 heteroatoms. The number of carbonyl (C=O) groups excluding carboxylic acids is 1. The van der Waals surface area contributed by atoms with E-state index in [2.05, 4.69) is 15.5 Å². The third-order valence-corrected chi connectivity index (χ3v) is 3.28. The van der Waals surface area contributed by atoms with Crippen molar-refractivity contribution < 1.29 is 14.6 Å². The average molecular weight is 288 g/mol. The van der Waals surface area contributed by atoms with E-state index >= 15 is 0 Å². The van der Waals surface area contributed by atoms with Crippen LogP contribution in [0.2, 0.25) is 0 Å². The van der Waals surface area contributed by atoms with E-state index in [9.17, 15) is 9.90 Å². The second-order valence-electron chi connectivity index (χ2n) is 4.32. The van der Waals surface area contributed by atoms with E-state index in [4.69, 9.17) is 4.74 Å². The van der Waals surface area contributed by atoms with Crippen molar-refractivity contribution in [3.8, 4) is 0 Å². The fourth-order valence-corrected chi connectivity index (χ4v) is 2.23. The van der Waals surface area contributed by atoms with Gasteiger partial charge < -0.3 is 19.7 Å². The Bertz CT molecular complexity index is 397. The summed E-state index contributed by atoms with van der Waals surface area (Å²) in [5.41, 5.74) is 0. The summed E-state index contributed by atoms with van der Waals surface area (Å²) in [6, 6.07) is 0.254. The largest absolute Gasteiger partial charge is 0.389 e. The Balaban J connectivity index is 2.32. The van der Waals surface area contributed by atoms with Gasteiger partial charge in [0.15, 0.2) is 5.16 Å². The van der Waals surface area contributed by atoms with Gasteiger partial charge in [0, 0.05) is 19.7 Å². The van der Waals surface area contributed by atoms with Crippen molar-refractivity contribution in [2.45, 2.75) is 31.1 Å². The normalized spacial score (nSPS) is 12.7. The number of amides is 1. The molecule has 1 aromatic rings. The zero-order valence-corrected chi connectivity index (χ0v) is 12.2. The third kappa shape index (κ3) is 5.58. The molecule has 0 radical (unpaired) electrons. The second-order valence-corrected chi connectivity index (χ2v) is 5.26. The highest BCUT2D eigenvalue weighted by atomic mass is 32.2.